The summed E-state index contributed by atoms with van der Waals surface area (Å²) in [4.78, 5) is 3.83. The van der Waals surface area contributed by atoms with E-state index in [4.69, 9.17) is 10.8 Å². The Labute approximate surface area is 113 Å². The van der Waals surface area contributed by atoms with E-state index < -0.39 is 10.0 Å². The molecule has 0 amide bonds. The summed E-state index contributed by atoms with van der Waals surface area (Å²) in [7, 11) is -2.04. The van der Waals surface area contributed by atoms with Crippen molar-refractivity contribution in [2.24, 2.45) is 7.05 Å². The molecule has 19 heavy (non-hydrogen) atoms. The van der Waals surface area contributed by atoms with Crippen LogP contribution >= 0.6 is 0 Å². The first-order valence-electron chi connectivity index (χ1n) is 6.38. The van der Waals surface area contributed by atoms with Crippen molar-refractivity contribution in [3.8, 4) is 0 Å². The highest BCUT2D eigenvalue weighted by molar-refractivity contribution is 7.89. The highest BCUT2D eigenvalue weighted by Gasteiger charge is 2.37. The van der Waals surface area contributed by atoms with Crippen molar-refractivity contribution in [1.29, 1.82) is 0 Å². The average Bonchev–Trinajstić information content (AvgIpc) is 2.61. The summed E-state index contributed by atoms with van der Waals surface area (Å²) in [5.41, 5.74) is 5.67. The lowest BCUT2D eigenvalue weighted by atomic mass is 9.93. The van der Waals surface area contributed by atoms with Crippen molar-refractivity contribution in [3.05, 3.63) is 6.33 Å². The maximum absolute atomic E-state index is 12.7. The minimum absolute atomic E-state index is 0.0193. The van der Waals surface area contributed by atoms with Gasteiger partial charge < -0.3 is 15.4 Å². The molecule has 1 aliphatic rings. The normalized spacial score (nSPS) is 16.8. The number of nitrogens with two attached hydrogens (primary N) is 1. The smallest absolute Gasteiger partial charge is 0.262 e. The van der Waals surface area contributed by atoms with Gasteiger partial charge in [-0.1, -0.05) is 6.42 Å². The molecule has 1 heterocycles. The molecule has 0 spiro atoms. The fraction of sp³-hybridized carbons (Fsp3) is 0.727. The number of nitrogen functional groups attached to an aromatic ring is 1. The number of rotatable bonds is 6. The lowest BCUT2D eigenvalue weighted by Crippen LogP contribution is -2.45. The molecule has 0 radical (unpaired) electrons. The van der Waals surface area contributed by atoms with E-state index in [1.807, 2.05) is 0 Å². The molecule has 108 valence electrons. The van der Waals surface area contributed by atoms with Gasteiger partial charge in [-0.25, -0.2) is 13.4 Å². The van der Waals surface area contributed by atoms with Crippen molar-refractivity contribution < 1.29 is 13.5 Å². The van der Waals surface area contributed by atoms with Crippen LogP contribution in [0.3, 0.4) is 0 Å². The van der Waals surface area contributed by atoms with Gasteiger partial charge in [-0.15, -0.1) is 0 Å². The second kappa shape index (κ2) is 5.48. The van der Waals surface area contributed by atoms with Crippen molar-refractivity contribution in [2.45, 2.75) is 36.8 Å². The quantitative estimate of drug-likeness (QED) is 0.763. The van der Waals surface area contributed by atoms with E-state index in [0.29, 0.717) is 13.0 Å². The van der Waals surface area contributed by atoms with E-state index in [1.54, 1.807) is 7.05 Å². The van der Waals surface area contributed by atoms with E-state index in [2.05, 4.69) is 4.98 Å². The molecule has 8 heteroatoms. The number of aryl methyl sites for hydroxylation is 1. The first kappa shape index (κ1) is 14.3. The topological polar surface area (TPSA) is 101 Å². The van der Waals surface area contributed by atoms with E-state index in [-0.39, 0.29) is 23.5 Å². The summed E-state index contributed by atoms with van der Waals surface area (Å²) in [6.45, 7) is 0.285. The molecule has 1 aliphatic carbocycles. The molecule has 1 aromatic heterocycles. The first-order chi connectivity index (χ1) is 8.98. The fourth-order valence-corrected chi connectivity index (χ4v) is 4.19. The van der Waals surface area contributed by atoms with Crippen LogP contribution in [0.2, 0.25) is 0 Å². The summed E-state index contributed by atoms with van der Waals surface area (Å²) >= 11 is 0. The van der Waals surface area contributed by atoms with Crippen LogP contribution in [0.4, 0.5) is 5.82 Å². The number of aliphatic hydroxyl groups excluding tert-OH is 1. The van der Waals surface area contributed by atoms with Crippen LogP contribution in [0.15, 0.2) is 11.4 Å². The molecule has 0 bridgehead atoms. The summed E-state index contributed by atoms with van der Waals surface area (Å²) < 4.78 is 28.2. The highest BCUT2D eigenvalue weighted by Crippen LogP contribution is 2.31. The molecular formula is C11H20N4O3S. The Hall–Kier alpha value is -1.12. The van der Waals surface area contributed by atoms with Crippen molar-refractivity contribution in [2.75, 3.05) is 18.9 Å². The van der Waals surface area contributed by atoms with Crippen LogP contribution < -0.4 is 5.73 Å². The van der Waals surface area contributed by atoms with Crippen LogP contribution in [0.1, 0.15) is 25.7 Å². The third-order valence-electron chi connectivity index (χ3n) is 3.48. The molecule has 2 rings (SSSR count). The molecule has 0 unspecified atom stereocenters. The van der Waals surface area contributed by atoms with Crippen molar-refractivity contribution >= 4 is 15.8 Å². The number of hydrogen-bond acceptors (Lipinski definition) is 5. The zero-order valence-electron chi connectivity index (χ0n) is 11.0. The lowest BCUT2D eigenvalue weighted by molar-refractivity contribution is 0.198. The van der Waals surface area contributed by atoms with Crippen LogP contribution in [-0.2, 0) is 17.1 Å². The largest absolute Gasteiger partial charge is 0.396 e. The molecule has 0 atom stereocenters. The van der Waals surface area contributed by atoms with E-state index in [1.165, 1.54) is 15.2 Å². The molecule has 1 saturated carbocycles. The van der Waals surface area contributed by atoms with Gasteiger partial charge in [0.15, 0.2) is 10.8 Å². The predicted octanol–water partition coefficient (Wildman–Crippen LogP) is -0.0721. The minimum atomic E-state index is -3.65. The summed E-state index contributed by atoms with van der Waals surface area (Å²) in [6.07, 6.45) is 4.59. The molecule has 3 N–H and O–H groups in total. The SMILES string of the molecule is Cn1cnc(N)c1S(=O)(=O)N(CCCO)C1CCC1. The number of nitrogens with zero attached hydrogens (tertiary/aromatic N) is 3. The van der Waals surface area contributed by atoms with Gasteiger partial charge in [-0.2, -0.15) is 4.31 Å². The summed E-state index contributed by atoms with van der Waals surface area (Å²) in [6, 6.07) is 0.0193. The molecule has 1 fully saturated rings. The fourth-order valence-electron chi connectivity index (χ4n) is 2.26. The summed E-state index contributed by atoms with van der Waals surface area (Å²) in [5, 5.41) is 8.97. The summed E-state index contributed by atoms with van der Waals surface area (Å²) in [5.74, 6) is 0.0239. The average molecular weight is 288 g/mol. The minimum Gasteiger partial charge on any atom is -0.396 e. The first-order valence-corrected chi connectivity index (χ1v) is 7.82. The Morgan fingerprint density at radius 1 is 1.58 bits per heavy atom. The van der Waals surface area contributed by atoms with Gasteiger partial charge in [0.1, 0.15) is 0 Å². The standard InChI is InChI=1S/C11H20N4O3S/c1-14-8-13-10(12)11(14)19(17,18)15(6-3-7-16)9-4-2-5-9/h8-9,16H,2-7,12H2,1H3. The number of aromatic nitrogens is 2. The Morgan fingerprint density at radius 3 is 2.68 bits per heavy atom. The van der Waals surface area contributed by atoms with Crippen LogP contribution in [0, 0.1) is 0 Å². The monoisotopic (exact) mass is 288 g/mol. The van der Waals surface area contributed by atoms with E-state index in [9.17, 15) is 8.42 Å². The van der Waals surface area contributed by atoms with E-state index in [0.717, 1.165) is 19.3 Å². The van der Waals surface area contributed by atoms with Gasteiger partial charge in [0.25, 0.3) is 10.0 Å². The molecule has 0 aliphatic heterocycles. The number of anilines is 1. The van der Waals surface area contributed by atoms with Gasteiger partial charge in [0, 0.05) is 26.2 Å². The third kappa shape index (κ3) is 2.60. The number of aliphatic hydroxyl groups is 1. The third-order valence-corrected chi connectivity index (χ3v) is 5.57. The second-order valence-corrected chi connectivity index (χ2v) is 6.63. The van der Waals surface area contributed by atoms with Gasteiger partial charge in [0.05, 0.1) is 6.33 Å². The second-order valence-electron chi connectivity index (χ2n) is 4.82. The Kier molecular flexibility index (Phi) is 4.12. The van der Waals surface area contributed by atoms with Crippen molar-refractivity contribution in [3.63, 3.8) is 0 Å². The Bertz CT molecular complexity index is 517. The number of hydrogen-bond donors (Lipinski definition) is 2. The maximum Gasteiger partial charge on any atom is 0.262 e. The van der Waals surface area contributed by atoms with Crippen LogP contribution in [-0.4, -0.2) is 46.6 Å². The predicted molar refractivity (Wildman–Crippen MR) is 70.9 cm³/mol. The number of imidazole rings is 1. The van der Waals surface area contributed by atoms with Crippen molar-refractivity contribution in [1.82, 2.24) is 13.9 Å². The molecule has 0 aromatic carbocycles. The Balaban J connectivity index is 2.33. The van der Waals surface area contributed by atoms with Gasteiger partial charge in [-0.05, 0) is 19.3 Å². The Morgan fingerprint density at radius 2 is 2.26 bits per heavy atom. The van der Waals surface area contributed by atoms with Gasteiger partial charge in [-0.3, -0.25) is 0 Å². The molecular weight excluding hydrogens is 268 g/mol. The number of sulfonamides is 1. The molecule has 7 nitrogen and oxygen atoms in total. The van der Waals surface area contributed by atoms with Crippen LogP contribution in [0.5, 0.6) is 0 Å². The highest BCUT2D eigenvalue weighted by atomic mass is 32.2. The zero-order valence-corrected chi connectivity index (χ0v) is 11.8. The lowest BCUT2D eigenvalue weighted by Gasteiger charge is -2.36. The van der Waals surface area contributed by atoms with Gasteiger partial charge >= 0.3 is 0 Å². The molecule has 0 saturated heterocycles. The zero-order chi connectivity index (χ0) is 14.0. The maximum atomic E-state index is 12.7. The molecule has 1 aromatic rings. The van der Waals surface area contributed by atoms with Gasteiger partial charge in [0.2, 0.25) is 0 Å². The van der Waals surface area contributed by atoms with Crippen LogP contribution in [0.25, 0.3) is 0 Å². The van der Waals surface area contributed by atoms with E-state index >= 15 is 0 Å².